The molecular formula is C6H7F3N2O. The quantitative estimate of drug-likeness (QED) is 0.672. The lowest BCUT2D eigenvalue weighted by Gasteiger charge is -2.04. The van der Waals surface area contributed by atoms with Crippen LogP contribution in [0.5, 0.6) is 0 Å². The SMILES string of the molecule is O=C1CN=C(CCC(F)(F)F)N1. The van der Waals surface area contributed by atoms with Crippen molar-refractivity contribution in [3.8, 4) is 0 Å². The largest absolute Gasteiger partial charge is 0.389 e. The molecule has 0 aromatic carbocycles. The Labute approximate surface area is 66.7 Å². The maximum atomic E-state index is 11.6. The van der Waals surface area contributed by atoms with Crippen molar-refractivity contribution in [3.05, 3.63) is 0 Å². The molecule has 0 fully saturated rings. The lowest BCUT2D eigenvalue weighted by molar-refractivity contribution is -0.133. The second kappa shape index (κ2) is 3.12. The Morgan fingerprint density at radius 2 is 2.17 bits per heavy atom. The van der Waals surface area contributed by atoms with Crippen molar-refractivity contribution in [3.63, 3.8) is 0 Å². The Hall–Kier alpha value is -1.07. The first-order valence-electron chi connectivity index (χ1n) is 3.37. The van der Waals surface area contributed by atoms with Crippen molar-refractivity contribution in [1.29, 1.82) is 0 Å². The van der Waals surface area contributed by atoms with E-state index in [9.17, 15) is 18.0 Å². The molecule has 1 aliphatic heterocycles. The molecule has 1 heterocycles. The van der Waals surface area contributed by atoms with Gasteiger partial charge in [-0.1, -0.05) is 0 Å². The van der Waals surface area contributed by atoms with Gasteiger partial charge < -0.3 is 5.32 Å². The van der Waals surface area contributed by atoms with E-state index in [2.05, 4.69) is 10.3 Å². The number of aliphatic imine (C=N–C) groups is 1. The molecule has 0 spiro atoms. The zero-order valence-corrected chi connectivity index (χ0v) is 6.11. The Bertz CT molecular complexity index is 221. The number of alkyl halides is 3. The average Bonchev–Trinajstić information content (AvgIpc) is 2.30. The van der Waals surface area contributed by atoms with Crippen molar-refractivity contribution in [1.82, 2.24) is 5.32 Å². The van der Waals surface area contributed by atoms with Crippen LogP contribution in [0.25, 0.3) is 0 Å². The Balaban J connectivity index is 2.30. The summed E-state index contributed by atoms with van der Waals surface area (Å²) in [6, 6.07) is 0. The summed E-state index contributed by atoms with van der Waals surface area (Å²) in [6.45, 7) is -0.0484. The third-order valence-corrected chi connectivity index (χ3v) is 1.34. The van der Waals surface area contributed by atoms with E-state index in [-0.39, 0.29) is 24.7 Å². The Morgan fingerprint density at radius 3 is 2.58 bits per heavy atom. The average molecular weight is 180 g/mol. The maximum Gasteiger partial charge on any atom is 0.389 e. The highest BCUT2D eigenvalue weighted by atomic mass is 19.4. The van der Waals surface area contributed by atoms with Gasteiger partial charge >= 0.3 is 6.18 Å². The van der Waals surface area contributed by atoms with E-state index in [1.807, 2.05) is 0 Å². The van der Waals surface area contributed by atoms with Crippen LogP contribution in [0.15, 0.2) is 4.99 Å². The summed E-state index contributed by atoms with van der Waals surface area (Å²) in [5.74, 6) is -0.204. The van der Waals surface area contributed by atoms with Gasteiger partial charge in [0.2, 0.25) is 5.91 Å². The van der Waals surface area contributed by atoms with E-state index < -0.39 is 12.6 Å². The molecule has 1 amide bonds. The second-order valence-electron chi connectivity index (χ2n) is 2.43. The molecule has 0 bridgehead atoms. The predicted molar refractivity (Wildman–Crippen MR) is 35.7 cm³/mol. The standard InChI is InChI=1S/C6H7F3N2O/c7-6(8,9)2-1-4-10-3-5(12)11-4/h1-3H2,(H,10,11,12). The smallest absolute Gasteiger partial charge is 0.313 e. The number of carbonyl (C=O) groups is 1. The Morgan fingerprint density at radius 1 is 1.50 bits per heavy atom. The van der Waals surface area contributed by atoms with Crippen LogP contribution in [0, 0.1) is 0 Å². The highest BCUT2D eigenvalue weighted by Gasteiger charge is 2.28. The number of nitrogens with zero attached hydrogens (tertiary/aromatic N) is 1. The van der Waals surface area contributed by atoms with Crippen LogP contribution in [0.1, 0.15) is 12.8 Å². The van der Waals surface area contributed by atoms with Crippen LogP contribution >= 0.6 is 0 Å². The van der Waals surface area contributed by atoms with Gasteiger partial charge in [0, 0.05) is 6.42 Å². The summed E-state index contributed by atoms with van der Waals surface area (Å²) >= 11 is 0. The van der Waals surface area contributed by atoms with Gasteiger partial charge in [-0.2, -0.15) is 13.2 Å². The van der Waals surface area contributed by atoms with Gasteiger partial charge in [-0.25, -0.2) is 0 Å². The lowest BCUT2D eigenvalue weighted by Crippen LogP contribution is -2.25. The van der Waals surface area contributed by atoms with Crippen LogP contribution < -0.4 is 5.32 Å². The molecule has 0 aromatic heterocycles. The van der Waals surface area contributed by atoms with Crippen LogP contribution in [0.3, 0.4) is 0 Å². The number of rotatable bonds is 2. The summed E-state index contributed by atoms with van der Waals surface area (Å²) in [6.07, 6.45) is -5.36. The van der Waals surface area contributed by atoms with Crippen LogP contribution in [0.2, 0.25) is 0 Å². The summed E-state index contributed by atoms with van der Waals surface area (Å²) in [4.78, 5) is 14.0. The molecule has 0 saturated heterocycles. The molecule has 0 atom stereocenters. The molecule has 3 nitrogen and oxygen atoms in total. The summed E-state index contributed by atoms with van der Waals surface area (Å²) in [5.41, 5.74) is 0. The molecule has 0 saturated carbocycles. The van der Waals surface area contributed by atoms with Gasteiger partial charge in [0.1, 0.15) is 12.4 Å². The van der Waals surface area contributed by atoms with Gasteiger partial charge in [-0.3, -0.25) is 9.79 Å². The molecule has 0 unspecified atom stereocenters. The molecule has 1 rings (SSSR count). The van der Waals surface area contributed by atoms with Gasteiger partial charge in [0.15, 0.2) is 0 Å². The molecule has 1 aliphatic rings. The zero-order valence-electron chi connectivity index (χ0n) is 6.11. The predicted octanol–water partition coefficient (Wildman–Crippen LogP) is 0.857. The van der Waals surface area contributed by atoms with Crippen molar-refractivity contribution in [2.24, 2.45) is 4.99 Å². The molecule has 0 aliphatic carbocycles. The fraction of sp³-hybridized carbons (Fsp3) is 0.667. The molecular weight excluding hydrogens is 173 g/mol. The van der Waals surface area contributed by atoms with Crippen LogP contribution in [-0.4, -0.2) is 24.5 Å². The van der Waals surface area contributed by atoms with E-state index in [0.29, 0.717) is 0 Å². The number of amidine groups is 1. The zero-order chi connectivity index (χ0) is 9.19. The molecule has 12 heavy (non-hydrogen) atoms. The van der Waals surface area contributed by atoms with Gasteiger partial charge in [-0.15, -0.1) is 0 Å². The number of halogens is 3. The summed E-state index contributed by atoms with van der Waals surface area (Å²) < 4.78 is 34.9. The third kappa shape index (κ3) is 2.89. The van der Waals surface area contributed by atoms with Gasteiger partial charge in [0.05, 0.1) is 6.42 Å². The normalized spacial score (nSPS) is 17.6. The van der Waals surface area contributed by atoms with Crippen LogP contribution in [0.4, 0.5) is 13.2 Å². The topological polar surface area (TPSA) is 41.5 Å². The number of hydrogen-bond acceptors (Lipinski definition) is 2. The van der Waals surface area contributed by atoms with E-state index in [0.717, 1.165) is 0 Å². The first-order valence-corrected chi connectivity index (χ1v) is 3.37. The fourth-order valence-corrected chi connectivity index (χ4v) is 0.809. The number of hydrogen-bond donors (Lipinski definition) is 1. The van der Waals surface area contributed by atoms with Crippen molar-refractivity contribution >= 4 is 11.7 Å². The highest BCUT2D eigenvalue weighted by Crippen LogP contribution is 2.21. The minimum atomic E-state index is -4.18. The van der Waals surface area contributed by atoms with Crippen molar-refractivity contribution in [2.45, 2.75) is 19.0 Å². The third-order valence-electron chi connectivity index (χ3n) is 1.34. The number of carbonyl (C=O) groups excluding carboxylic acids is 1. The summed E-state index contributed by atoms with van der Waals surface area (Å²) in [5, 5.41) is 2.24. The monoisotopic (exact) mass is 180 g/mol. The molecule has 6 heteroatoms. The van der Waals surface area contributed by atoms with E-state index in [1.165, 1.54) is 0 Å². The van der Waals surface area contributed by atoms with Gasteiger partial charge in [-0.05, 0) is 0 Å². The van der Waals surface area contributed by atoms with E-state index in [4.69, 9.17) is 0 Å². The number of nitrogens with one attached hydrogen (secondary N) is 1. The number of amides is 1. The minimum absolute atomic E-state index is 0.0484. The van der Waals surface area contributed by atoms with Crippen molar-refractivity contribution < 1.29 is 18.0 Å². The summed E-state index contributed by atoms with van der Waals surface area (Å²) in [7, 11) is 0. The molecule has 68 valence electrons. The Kier molecular flexibility index (Phi) is 2.35. The molecule has 0 aromatic rings. The van der Waals surface area contributed by atoms with E-state index >= 15 is 0 Å². The first-order chi connectivity index (χ1) is 5.47. The fourth-order valence-electron chi connectivity index (χ4n) is 0.809. The van der Waals surface area contributed by atoms with E-state index in [1.54, 1.807) is 0 Å². The molecule has 1 N–H and O–H groups in total. The van der Waals surface area contributed by atoms with Gasteiger partial charge in [0.25, 0.3) is 0 Å². The first kappa shape index (κ1) is 9.02. The minimum Gasteiger partial charge on any atom is -0.313 e. The maximum absolute atomic E-state index is 11.6. The van der Waals surface area contributed by atoms with Crippen molar-refractivity contribution in [2.75, 3.05) is 6.54 Å². The molecule has 0 radical (unpaired) electrons. The van der Waals surface area contributed by atoms with Crippen LogP contribution in [-0.2, 0) is 4.79 Å². The second-order valence-corrected chi connectivity index (χ2v) is 2.43. The highest BCUT2D eigenvalue weighted by molar-refractivity contribution is 6.03. The lowest BCUT2D eigenvalue weighted by atomic mass is 10.3.